The van der Waals surface area contributed by atoms with Crippen molar-refractivity contribution >= 4 is 11.8 Å². The van der Waals surface area contributed by atoms with Crippen LogP contribution in [0.15, 0.2) is 22.8 Å². The van der Waals surface area contributed by atoms with Gasteiger partial charge in [0.25, 0.3) is 0 Å². The summed E-state index contributed by atoms with van der Waals surface area (Å²) in [5.74, 6) is 1.92. The van der Waals surface area contributed by atoms with E-state index in [0.717, 1.165) is 5.92 Å². The molecule has 0 aromatic carbocycles. The second kappa shape index (κ2) is 4.18. The zero-order valence-electron chi connectivity index (χ0n) is 8.48. The zero-order chi connectivity index (χ0) is 9.14. The second-order valence-corrected chi connectivity index (χ2v) is 4.36. The van der Waals surface area contributed by atoms with Crippen molar-refractivity contribution in [3.63, 3.8) is 0 Å². The molecule has 0 N–H and O–H groups in total. The van der Waals surface area contributed by atoms with Gasteiger partial charge in [0, 0.05) is 11.7 Å². The third-order valence-corrected chi connectivity index (χ3v) is 3.29. The van der Waals surface area contributed by atoms with Crippen LogP contribution in [-0.4, -0.2) is 12.0 Å². The fraction of sp³-hybridized carbons (Fsp3) is 0.636. The van der Waals surface area contributed by atoms with Gasteiger partial charge in [0.2, 0.25) is 0 Å². The highest BCUT2D eigenvalue weighted by atomic mass is 32.2. The van der Waals surface area contributed by atoms with Crippen molar-refractivity contribution in [2.75, 3.05) is 12.0 Å². The van der Waals surface area contributed by atoms with Gasteiger partial charge in [-0.25, -0.2) is 0 Å². The minimum absolute atomic E-state index is 0.743. The minimum atomic E-state index is 0.743. The summed E-state index contributed by atoms with van der Waals surface area (Å²) < 4.78 is 0. The molecule has 68 valence electrons. The molecule has 0 radical (unpaired) electrons. The van der Waals surface area contributed by atoms with E-state index in [0.29, 0.717) is 0 Å². The van der Waals surface area contributed by atoms with Crippen molar-refractivity contribution in [1.82, 2.24) is 0 Å². The molecular weight excluding hydrogens is 164 g/mol. The zero-order valence-corrected chi connectivity index (χ0v) is 9.29. The van der Waals surface area contributed by atoms with Gasteiger partial charge in [0.1, 0.15) is 0 Å². The molecule has 0 aromatic heterocycles. The molecule has 0 amide bonds. The predicted molar refractivity (Wildman–Crippen MR) is 58.6 cm³/mol. The number of hydrogen-bond donors (Lipinski definition) is 0. The Morgan fingerprint density at radius 1 is 1.42 bits per heavy atom. The molecular formula is C11H18S. The summed E-state index contributed by atoms with van der Waals surface area (Å²) in [7, 11) is 0. The van der Waals surface area contributed by atoms with Crippen LogP contribution < -0.4 is 0 Å². The average Bonchev–Trinajstić information content (AvgIpc) is 2.29. The summed E-state index contributed by atoms with van der Waals surface area (Å²) in [6.45, 7) is 6.81. The van der Waals surface area contributed by atoms with E-state index in [1.54, 1.807) is 16.7 Å². The van der Waals surface area contributed by atoms with Crippen LogP contribution in [0.25, 0.3) is 0 Å². The predicted octanol–water partition coefficient (Wildman–Crippen LogP) is 3.65. The molecule has 0 fully saturated rings. The fourth-order valence-corrected chi connectivity index (χ4v) is 2.62. The standard InChI is InChI=1S/C11H18S/c1-5-11-8(2)6-10(7-12-4)9(11)3/h6,11H,5,7H2,1-4H3. The minimum Gasteiger partial charge on any atom is -0.161 e. The van der Waals surface area contributed by atoms with E-state index in [-0.39, 0.29) is 0 Å². The third-order valence-electron chi connectivity index (χ3n) is 2.69. The van der Waals surface area contributed by atoms with E-state index < -0.39 is 0 Å². The van der Waals surface area contributed by atoms with Gasteiger partial charge in [-0.2, -0.15) is 11.8 Å². The Morgan fingerprint density at radius 3 is 2.50 bits per heavy atom. The van der Waals surface area contributed by atoms with Crippen molar-refractivity contribution in [2.45, 2.75) is 27.2 Å². The van der Waals surface area contributed by atoms with Crippen LogP contribution in [0.1, 0.15) is 27.2 Å². The van der Waals surface area contributed by atoms with E-state index in [9.17, 15) is 0 Å². The van der Waals surface area contributed by atoms with Crippen LogP contribution >= 0.6 is 11.8 Å². The van der Waals surface area contributed by atoms with Crippen LogP contribution in [-0.2, 0) is 0 Å². The van der Waals surface area contributed by atoms with E-state index in [1.165, 1.54) is 12.2 Å². The maximum atomic E-state index is 2.38. The Kier molecular flexibility index (Phi) is 3.45. The Labute approximate surface area is 80.1 Å². The highest BCUT2D eigenvalue weighted by Crippen LogP contribution is 2.34. The lowest BCUT2D eigenvalue weighted by atomic mass is 9.95. The maximum Gasteiger partial charge on any atom is 0.0181 e. The first-order valence-corrected chi connectivity index (χ1v) is 5.96. The summed E-state index contributed by atoms with van der Waals surface area (Å²) in [5, 5.41) is 0. The molecule has 12 heavy (non-hydrogen) atoms. The number of rotatable bonds is 3. The van der Waals surface area contributed by atoms with E-state index in [2.05, 4.69) is 33.1 Å². The monoisotopic (exact) mass is 182 g/mol. The molecule has 1 heteroatoms. The average molecular weight is 182 g/mol. The summed E-state index contributed by atoms with van der Waals surface area (Å²) in [6, 6.07) is 0. The van der Waals surface area contributed by atoms with Gasteiger partial charge in [-0.1, -0.05) is 24.1 Å². The Morgan fingerprint density at radius 2 is 2.08 bits per heavy atom. The van der Waals surface area contributed by atoms with Gasteiger partial charge in [-0.05, 0) is 32.1 Å². The van der Waals surface area contributed by atoms with Crippen LogP contribution in [0.5, 0.6) is 0 Å². The lowest BCUT2D eigenvalue weighted by molar-refractivity contribution is 0.696. The van der Waals surface area contributed by atoms with Crippen molar-refractivity contribution < 1.29 is 0 Å². The Hall–Kier alpha value is -0.170. The molecule has 1 aliphatic carbocycles. The Bertz CT molecular complexity index is 223. The first-order valence-electron chi connectivity index (χ1n) is 4.57. The van der Waals surface area contributed by atoms with Gasteiger partial charge in [0.05, 0.1) is 0 Å². The van der Waals surface area contributed by atoms with Crippen LogP contribution in [0.2, 0.25) is 0 Å². The van der Waals surface area contributed by atoms with Gasteiger partial charge in [-0.15, -0.1) is 0 Å². The van der Waals surface area contributed by atoms with Gasteiger partial charge >= 0.3 is 0 Å². The summed E-state index contributed by atoms with van der Waals surface area (Å²) >= 11 is 1.91. The molecule has 1 aliphatic rings. The molecule has 1 atom stereocenters. The van der Waals surface area contributed by atoms with Crippen molar-refractivity contribution in [1.29, 1.82) is 0 Å². The van der Waals surface area contributed by atoms with Gasteiger partial charge in [0.15, 0.2) is 0 Å². The highest BCUT2D eigenvalue weighted by Gasteiger charge is 2.19. The summed E-state index contributed by atoms with van der Waals surface area (Å²) in [4.78, 5) is 0. The number of hydrogen-bond acceptors (Lipinski definition) is 1. The first-order chi connectivity index (χ1) is 5.70. The number of thioether (sulfide) groups is 1. The molecule has 0 aromatic rings. The molecule has 1 unspecified atom stereocenters. The SMILES string of the molecule is CCC1C(C)=CC(CSC)=C1C. The van der Waals surface area contributed by atoms with Crippen LogP contribution in [0.4, 0.5) is 0 Å². The fourth-order valence-electron chi connectivity index (χ4n) is 1.99. The van der Waals surface area contributed by atoms with Gasteiger partial charge in [-0.3, -0.25) is 0 Å². The summed E-state index contributed by atoms with van der Waals surface area (Å²) in [5.41, 5.74) is 4.72. The van der Waals surface area contributed by atoms with E-state index in [4.69, 9.17) is 0 Å². The van der Waals surface area contributed by atoms with E-state index in [1.807, 2.05) is 11.8 Å². The van der Waals surface area contributed by atoms with Crippen LogP contribution in [0.3, 0.4) is 0 Å². The molecule has 0 bridgehead atoms. The van der Waals surface area contributed by atoms with Crippen molar-refractivity contribution in [2.24, 2.45) is 5.92 Å². The molecule has 0 saturated carbocycles. The normalized spacial score (nSPS) is 23.3. The number of allylic oxidation sites excluding steroid dienone is 3. The second-order valence-electron chi connectivity index (χ2n) is 3.49. The summed E-state index contributed by atoms with van der Waals surface area (Å²) in [6.07, 6.45) is 5.80. The van der Waals surface area contributed by atoms with Crippen molar-refractivity contribution in [3.05, 3.63) is 22.8 Å². The molecule has 1 rings (SSSR count). The molecule has 0 nitrogen and oxygen atoms in total. The molecule has 0 spiro atoms. The lowest BCUT2D eigenvalue weighted by Gasteiger charge is -2.11. The molecule has 0 saturated heterocycles. The largest absolute Gasteiger partial charge is 0.161 e. The smallest absolute Gasteiger partial charge is 0.0181 e. The Balaban J connectivity index is 2.78. The van der Waals surface area contributed by atoms with E-state index >= 15 is 0 Å². The molecule has 0 heterocycles. The maximum absolute atomic E-state index is 2.38. The first kappa shape index (κ1) is 9.91. The third kappa shape index (κ3) is 1.77. The van der Waals surface area contributed by atoms with Crippen molar-refractivity contribution in [3.8, 4) is 0 Å². The highest BCUT2D eigenvalue weighted by molar-refractivity contribution is 7.98. The topological polar surface area (TPSA) is 0 Å². The van der Waals surface area contributed by atoms with Gasteiger partial charge < -0.3 is 0 Å². The quantitative estimate of drug-likeness (QED) is 0.642. The molecule has 0 aliphatic heterocycles. The van der Waals surface area contributed by atoms with Crippen LogP contribution in [0, 0.1) is 5.92 Å². The lowest BCUT2D eigenvalue weighted by Crippen LogP contribution is -1.98.